The highest BCUT2D eigenvalue weighted by molar-refractivity contribution is 6.33. The Labute approximate surface area is 148 Å². The minimum atomic E-state index is -0.474. The van der Waals surface area contributed by atoms with Crippen molar-refractivity contribution in [1.29, 1.82) is 0 Å². The van der Waals surface area contributed by atoms with Gasteiger partial charge < -0.3 is 14.7 Å². The Balaban J connectivity index is 1.60. The number of nitro benzene ring substituents is 1. The van der Waals surface area contributed by atoms with Gasteiger partial charge >= 0.3 is 0 Å². The van der Waals surface area contributed by atoms with E-state index in [-0.39, 0.29) is 17.5 Å². The maximum absolute atomic E-state index is 12.3. The Morgan fingerprint density at radius 1 is 1.40 bits per heavy atom. The lowest BCUT2D eigenvalue weighted by atomic mass is 9.95. The van der Waals surface area contributed by atoms with Gasteiger partial charge in [-0.2, -0.15) is 0 Å². The van der Waals surface area contributed by atoms with Gasteiger partial charge in [0.1, 0.15) is 5.76 Å². The summed E-state index contributed by atoms with van der Waals surface area (Å²) in [5.74, 6) is 0.856. The number of aromatic nitrogens is 1. The molecule has 1 aliphatic heterocycles. The normalized spacial score (nSPS) is 15.2. The summed E-state index contributed by atoms with van der Waals surface area (Å²) in [7, 11) is 0. The number of non-ortho nitro benzene ring substituents is 1. The van der Waals surface area contributed by atoms with Gasteiger partial charge in [-0.05, 0) is 25.8 Å². The van der Waals surface area contributed by atoms with Crippen LogP contribution in [0.5, 0.6) is 0 Å². The number of rotatable bonds is 4. The van der Waals surface area contributed by atoms with E-state index in [0.717, 1.165) is 5.69 Å². The fraction of sp³-hybridized carbons (Fsp3) is 0.375. The number of nitrogens with one attached hydrogen (secondary N) is 1. The molecule has 0 unspecified atom stereocenters. The summed E-state index contributed by atoms with van der Waals surface area (Å²) >= 11 is 6.17. The summed E-state index contributed by atoms with van der Waals surface area (Å²) in [6, 6.07) is 6.11. The fourth-order valence-electron chi connectivity index (χ4n) is 2.90. The molecule has 0 radical (unpaired) electrons. The third-order valence-electron chi connectivity index (χ3n) is 4.23. The number of benzene rings is 1. The number of piperidine rings is 1. The van der Waals surface area contributed by atoms with E-state index in [1.165, 1.54) is 12.1 Å². The highest BCUT2D eigenvalue weighted by Crippen LogP contribution is 2.32. The first-order valence-electron chi connectivity index (χ1n) is 7.87. The van der Waals surface area contributed by atoms with Crippen molar-refractivity contribution in [2.75, 3.05) is 23.3 Å². The van der Waals surface area contributed by atoms with Crippen LogP contribution in [0.15, 0.2) is 28.8 Å². The van der Waals surface area contributed by atoms with Crippen LogP contribution >= 0.6 is 11.6 Å². The van der Waals surface area contributed by atoms with E-state index in [4.69, 9.17) is 16.1 Å². The number of nitro groups is 1. The van der Waals surface area contributed by atoms with Crippen LogP contribution in [-0.2, 0) is 4.79 Å². The quantitative estimate of drug-likeness (QED) is 0.659. The summed E-state index contributed by atoms with van der Waals surface area (Å²) in [4.78, 5) is 24.6. The second kappa shape index (κ2) is 7.10. The first-order chi connectivity index (χ1) is 11.9. The molecule has 0 saturated carbocycles. The van der Waals surface area contributed by atoms with Gasteiger partial charge in [0, 0.05) is 37.2 Å². The van der Waals surface area contributed by atoms with Crippen LogP contribution in [-0.4, -0.2) is 29.1 Å². The van der Waals surface area contributed by atoms with Crippen LogP contribution in [0, 0.1) is 23.0 Å². The van der Waals surface area contributed by atoms with Gasteiger partial charge in [0.05, 0.1) is 15.6 Å². The zero-order chi connectivity index (χ0) is 18.0. The average Bonchev–Trinajstić information content (AvgIpc) is 2.99. The molecule has 1 aliphatic rings. The summed E-state index contributed by atoms with van der Waals surface area (Å²) < 4.78 is 4.93. The zero-order valence-corrected chi connectivity index (χ0v) is 14.3. The molecule has 0 atom stereocenters. The van der Waals surface area contributed by atoms with E-state index in [2.05, 4.69) is 10.5 Å². The predicted molar refractivity (Wildman–Crippen MR) is 92.9 cm³/mol. The first-order valence-corrected chi connectivity index (χ1v) is 8.25. The molecule has 25 heavy (non-hydrogen) atoms. The minimum absolute atomic E-state index is 0.0362. The zero-order valence-electron chi connectivity index (χ0n) is 13.6. The number of hydrogen-bond acceptors (Lipinski definition) is 6. The molecule has 0 aliphatic carbocycles. The highest BCUT2D eigenvalue weighted by atomic mass is 35.5. The molecule has 1 fully saturated rings. The van der Waals surface area contributed by atoms with E-state index in [9.17, 15) is 14.9 Å². The van der Waals surface area contributed by atoms with E-state index >= 15 is 0 Å². The molecule has 1 amide bonds. The van der Waals surface area contributed by atoms with Gasteiger partial charge in [-0.3, -0.25) is 14.9 Å². The van der Waals surface area contributed by atoms with Gasteiger partial charge in [0.2, 0.25) is 5.91 Å². The molecule has 0 spiro atoms. The third kappa shape index (κ3) is 3.90. The molecule has 1 N–H and O–H groups in total. The van der Waals surface area contributed by atoms with Crippen LogP contribution in [0.4, 0.5) is 17.2 Å². The number of hydrogen-bond donors (Lipinski definition) is 1. The number of halogens is 1. The van der Waals surface area contributed by atoms with Crippen LogP contribution < -0.4 is 10.2 Å². The minimum Gasteiger partial charge on any atom is -0.370 e. The second-order valence-corrected chi connectivity index (χ2v) is 6.37. The predicted octanol–water partition coefficient (Wildman–Crippen LogP) is 3.40. The Bertz CT molecular complexity index is 799. The van der Waals surface area contributed by atoms with Crippen molar-refractivity contribution in [3.63, 3.8) is 0 Å². The molecule has 8 nitrogen and oxygen atoms in total. The molecule has 2 heterocycles. The topological polar surface area (TPSA) is 102 Å². The third-order valence-corrected chi connectivity index (χ3v) is 4.53. The number of amides is 1. The average molecular weight is 365 g/mol. The monoisotopic (exact) mass is 364 g/mol. The van der Waals surface area contributed by atoms with Gasteiger partial charge in [0.15, 0.2) is 5.82 Å². The smallest absolute Gasteiger partial charge is 0.271 e. The van der Waals surface area contributed by atoms with Crippen LogP contribution in [0.2, 0.25) is 5.02 Å². The number of anilines is 2. The van der Waals surface area contributed by atoms with E-state index in [1.807, 2.05) is 4.90 Å². The van der Waals surface area contributed by atoms with Crippen molar-refractivity contribution in [3.8, 4) is 0 Å². The molecule has 1 saturated heterocycles. The van der Waals surface area contributed by atoms with Crippen molar-refractivity contribution in [1.82, 2.24) is 5.16 Å². The standard InChI is InChI=1S/C16H17ClN4O4/c1-10-8-15(19-25-10)18-16(22)11-4-6-20(7-5-11)14-3-2-12(21(23)24)9-13(14)17/h2-3,8-9,11H,4-7H2,1H3,(H,18,19,22). The summed E-state index contributed by atoms with van der Waals surface area (Å²) in [6.45, 7) is 3.05. The Kier molecular flexibility index (Phi) is 4.89. The molecule has 2 aromatic rings. The first kappa shape index (κ1) is 17.2. The molecule has 3 rings (SSSR count). The van der Waals surface area contributed by atoms with Crippen LogP contribution in [0.25, 0.3) is 0 Å². The van der Waals surface area contributed by atoms with Crippen LogP contribution in [0.1, 0.15) is 18.6 Å². The summed E-state index contributed by atoms with van der Waals surface area (Å²) in [5.41, 5.74) is 0.712. The summed E-state index contributed by atoms with van der Waals surface area (Å²) in [6.07, 6.45) is 1.33. The lowest BCUT2D eigenvalue weighted by molar-refractivity contribution is -0.384. The molecule has 132 valence electrons. The van der Waals surface area contributed by atoms with E-state index in [1.54, 1.807) is 19.1 Å². The Morgan fingerprint density at radius 2 is 2.12 bits per heavy atom. The Morgan fingerprint density at radius 3 is 2.68 bits per heavy atom. The lowest BCUT2D eigenvalue weighted by Crippen LogP contribution is -2.38. The number of carbonyl (C=O) groups is 1. The van der Waals surface area contributed by atoms with Crippen molar-refractivity contribution < 1.29 is 14.2 Å². The number of nitrogens with zero attached hydrogens (tertiary/aromatic N) is 3. The van der Waals surface area contributed by atoms with Gasteiger partial charge in [-0.1, -0.05) is 16.8 Å². The van der Waals surface area contributed by atoms with Crippen molar-refractivity contribution in [2.45, 2.75) is 19.8 Å². The number of carbonyl (C=O) groups excluding carboxylic acids is 1. The molecule has 1 aromatic heterocycles. The summed E-state index contributed by atoms with van der Waals surface area (Å²) in [5, 5.41) is 17.6. The van der Waals surface area contributed by atoms with Crippen molar-refractivity contribution >= 4 is 34.7 Å². The maximum atomic E-state index is 12.3. The SMILES string of the molecule is Cc1cc(NC(=O)C2CCN(c3ccc([N+](=O)[O-])cc3Cl)CC2)no1. The number of aryl methyl sites for hydroxylation is 1. The largest absolute Gasteiger partial charge is 0.370 e. The van der Waals surface area contributed by atoms with E-state index < -0.39 is 4.92 Å². The molecule has 1 aromatic carbocycles. The second-order valence-electron chi connectivity index (χ2n) is 5.97. The molecular weight excluding hydrogens is 348 g/mol. The van der Waals surface area contributed by atoms with Gasteiger partial charge in [-0.15, -0.1) is 0 Å². The van der Waals surface area contributed by atoms with Crippen molar-refractivity contribution in [3.05, 3.63) is 45.2 Å². The lowest BCUT2D eigenvalue weighted by Gasteiger charge is -2.33. The molecule has 9 heteroatoms. The molecular formula is C16H17ClN4O4. The fourth-order valence-corrected chi connectivity index (χ4v) is 3.20. The van der Waals surface area contributed by atoms with E-state index in [0.29, 0.717) is 42.5 Å². The Hall–Kier alpha value is -2.61. The van der Waals surface area contributed by atoms with Gasteiger partial charge in [0.25, 0.3) is 5.69 Å². The van der Waals surface area contributed by atoms with Gasteiger partial charge in [-0.25, -0.2) is 0 Å². The molecule has 0 bridgehead atoms. The van der Waals surface area contributed by atoms with Crippen LogP contribution in [0.3, 0.4) is 0 Å². The van der Waals surface area contributed by atoms with Crippen molar-refractivity contribution in [2.24, 2.45) is 5.92 Å². The maximum Gasteiger partial charge on any atom is 0.271 e. The highest BCUT2D eigenvalue weighted by Gasteiger charge is 2.27.